The molecule has 1 rings (SSSR count). The number of nitrogens with zero attached hydrogens (tertiary/aromatic N) is 2. The van der Waals surface area contributed by atoms with Crippen molar-refractivity contribution in [1.29, 1.82) is 0 Å². The Morgan fingerprint density at radius 3 is 2.47 bits per heavy atom. The predicted octanol–water partition coefficient (Wildman–Crippen LogP) is 1.65. The highest BCUT2D eigenvalue weighted by Crippen LogP contribution is 2.16. The number of hydrogen-bond donors (Lipinski definition) is 1. The maximum atomic E-state index is 3.60. The van der Waals surface area contributed by atoms with Gasteiger partial charge in [0, 0.05) is 25.7 Å². The minimum Gasteiger partial charge on any atom is -0.314 e. The third kappa shape index (κ3) is 4.94. The molecule has 0 aliphatic carbocycles. The van der Waals surface area contributed by atoms with Crippen molar-refractivity contribution in [3.05, 3.63) is 0 Å². The molecule has 0 saturated carbocycles. The fourth-order valence-corrected chi connectivity index (χ4v) is 2.82. The van der Waals surface area contributed by atoms with Crippen molar-refractivity contribution < 1.29 is 0 Å². The van der Waals surface area contributed by atoms with Gasteiger partial charge >= 0.3 is 0 Å². The zero-order chi connectivity index (χ0) is 12.7. The standard InChI is InChI=1S/C14H31N3/c1-5-15-14-8-9-17(12-13(14)4)11-10-16(6-2)7-3/h13-15H,5-12H2,1-4H3. The first-order valence-corrected chi connectivity index (χ1v) is 7.39. The smallest absolute Gasteiger partial charge is 0.0117 e. The van der Waals surface area contributed by atoms with Gasteiger partial charge in [-0.05, 0) is 38.5 Å². The summed E-state index contributed by atoms with van der Waals surface area (Å²) in [6, 6.07) is 0.740. The van der Waals surface area contributed by atoms with Gasteiger partial charge in [0.1, 0.15) is 0 Å². The van der Waals surface area contributed by atoms with Crippen LogP contribution in [0.15, 0.2) is 0 Å². The van der Waals surface area contributed by atoms with E-state index in [2.05, 4.69) is 42.8 Å². The second-order valence-corrected chi connectivity index (χ2v) is 5.26. The van der Waals surface area contributed by atoms with E-state index in [0.717, 1.165) is 18.5 Å². The van der Waals surface area contributed by atoms with E-state index in [-0.39, 0.29) is 0 Å². The fourth-order valence-electron chi connectivity index (χ4n) is 2.82. The van der Waals surface area contributed by atoms with E-state index < -0.39 is 0 Å². The lowest BCUT2D eigenvalue weighted by molar-refractivity contribution is 0.132. The van der Waals surface area contributed by atoms with Crippen LogP contribution >= 0.6 is 0 Å². The summed E-state index contributed by atoms with van der Waals surface area (Å²) in [6.45, 7) is 17.6. The van der Waals surface area contributed by atoms with E-state index in [1.807, 2.05) is 0 Å². The minimum atomic E-state index is 0.740. The van der Waals surface area contributed by atoms with E-state index in [1.54, 1.807) is 0 Å². The molecule has 1 aliphatic heterocycles. The van der Waals surface area contributed by atoms with Gasteiger partial charge in [0.15, 0.2) is 0 Å². The van der Waals surface area contributed by atoms with Crippen LogP contribution in [-0.2, 0) is 0 Å². The van der Waals surface area contributed by atoms with Crippen LogP contribution in [0.1, 0.15) is 34.1 Å². The molecule has 0 aromatic rings. The Morgan fingerprint density at radius 1 is 1.24 bits per heavy atom. The summed E-state index contributed by atoms with van der Waals surface area (Å²) in [4.78, 5) is 5.15. The molecule has 1 fully saturated rings. The molecule has 102 valence electrons. The van der Waals surface area contributed by atoms with Crippen molar-refractivity contribution in [3.8, 4) is 0 Å². The Hall–Kier alpha value is -0.120. The molecular formula is C14H31N3. The number of likely N-dealkylation sites (tertiary alicyclic amines) is 1. The zero-order valence-corrected chi connectivity index (χ0v) is 12.2. The van der Waals surface area contributed by atoms with Crippen LogP contribution in [0.5, 0.6) is 0 Å². The Labute approximate surface area is 108 Å². The van der Waals surface area contributed by atoms with Crippen LogP contribution in [-0.4, -0.2) is 61.7 Å². The van der Waals surface area contributed by atoms with Gasteiger partial charge in [0.25, 0.3) is 0 Å². The molecule has 3 heteroatoms. The molecule has 0 aromatic carbocycles. The van der Waals surface area contributed by atoms with Crippen LogP contribution < -0.4 is 5.32 Å². The molecule has 0 radical (unpaired) electrons. The summed E-state index contributed by atoms with van der Waals surface area (Å²) in [6.07, 6.45) is 1.31. The van der Waals surface area contributed by atoms with Gasteiger partial charge in [-0.2, -0.15) is 0 Å². The molecule has 1 aliphatic rings. The number of likely N-dealkylation sites (N-methyl/N-ethyl adjacent to an activating group) is 1. The highest BCUT2D eigenvalue weighted by molar-refractivity contribution is 4.82. The van der Waals surface area contributed by atoms with Crippen molar-refractivity contribution in [1.82, 2.24) is 15.1 Å². The van der Waals surface area contributed by atoms with Crippen LogP contribution in [0.3, 0.4) is 0 Å². The van der Waals surface area contributed by atoms with Gasteiger partial charge in [-0.25, -0.2) is 0 Å². The van der Waals surface area contributed by atoms with Crippen molar-refractivity contribution in [2.45, 2.75) is 40.2 Å². The van der Waals surface area contributed by atoms with Crippen molar-refractivity contribution in [3.63, 3.8) is 0 Å². The number of rotatable bonds is 7. The van der Waals surface area contributed by atoms with Gasteiger partial charge in [-0.1, -0.05) is 27.7 Å². The third-order valence-corrected chi connectivity index (χ3v) is 4.08. The molecule has 0 spiro atoms. The highest BCUT2D eigenvalue weighted by atomic mass is 15.2. The molecule has 2 unspecified atom stereocenters. The van der Waals surface area contributed by atoms with Gasteiger partial charge in [0.2, 0.25) is 0 Å². The summed E-state index contributed by atoms with van der Waals surface area (Å²) < 4.78 is 0. The van der Waals surface area contributed by atoms with Crippen LogP contribution in [0, 0.1) is 5.92 Å². The average molecular weight is 241 g/mol. The molecule has 0 amide bonds. The largest absolute Gasteiger partial charge is 0.314 e. The third-order valence-electron chi connectivity index (χ3n) is 4.08. The van der Waals surface area contributed by atoms with Gasteiger partial charge < -0.3 is 15.1 Å². The first-order chi connectivity index (χ1) is 8.21. The molecule has 0 bridgehead atoms. The van der Waals surface area contributed by atoms with Crippen LogP contribution in [0.4, 0.5) is 0 Å². The van der Waals surface area contributed by atoms with Gasteiger partial charge in [-0.15, -0.1) is 0 Å². The molecule has 1 N–H and O–H groups in total. The zero-order valence-electron chi connectivity index (χ0n) is 12.2. The molecule has 2 atom stereocenters. The van der Waals surface area contributed by atoms with E-state index in [1.165, 1.54) is 45.7 Å². The van der Waals surface area contributed by atoms with E-state index >= 15 is 0 Å². The maximum Gasteiger partial charge on any atom is 0.0117 e. The molecular weight excluding hydrogens is 210 g/mol. The lowest BCUT2D eigenvalue weighted by atomic mass is 9.94. The van der Waals surface area contributed by atoms with Crippen molar-refractivity contribution in [2.24, 2.45) is 5.92 Å². The predicted molar refractivity (Wildman–Crippen MR) is 75.5 cm³/mol. The first kappa shape index (κ1) is 14.9. The highest BCUT2D eigenvalue weighted by Gasteiger charge is 2.24. The quantitative estimate of drug-likeness (QED) is 0.731. The second-order valence-electron chi connectivity index (χ2n) is 5.26. The lowest BCUT2D eigenvalue weighted by Gasteiger charge is -2.38. The summed E-state index contributed by atoms with van der Waals surface area (Å²) in [7, 11) is 0. The monoisotopic (exact) mass is 241 g/mol. The second kappa shape index (κ2) is 8.06. The molecule has 17 heavy (non-hydrogen) atoms. The van der Waals surface area contributed by atoms with Gasteiger partial charge in [0.05, 0.1) is 0 Å². The molecule has 1 heterocycles. The number of piperidine rings is 1. The maximum absolute atomic E-state index is 3.60. The van der Waals surface area contributed by atoms with Crippen molar-refractivity contribution >= 4 is 0 Å². The van der Waals surface area contributed by atoms with Crippen LogP contribution in [0.2, 0.25) is 0 Å². The molecule has 0 aromatic heterocycles. The first-order valence-electron chi connectivity index (χ1n) is 7.39. The Balaban J connectivity index is 2.24. The lowest BCUT2D eigenvalue weighted by Crippen LogP contribution is -2.49. The molecule has 3 nitrogen and oxygen atoms in total. The van der Waals surface area contributed by atoms with Crippen molar-refractivity contribution in [2.75, 3.05) is 45.8 Å². The Kier molecular flexibility index (Phi) is 7.09. The SMILES string of the molecule is CCNC1CCN(CCN(CC)CC)CC1C. The fraction of sp³-hybridized carbons (Fsp3) is 1.00. The summed E-state index contributed by atoms with van der Waals surface area (Å²) in [5, 5.41) is 3.60. The Bertz CT molecular complexity index is 192. The topological polar surface area (TPSA) is 18.5 Å². The van der Waals surface area contributed by atoms with Crippen LogP contribution in [0.25, 0.3) is 0 Å². The normalized spacial score (nSPS) is 26.6. The van der Waals surface area contributed by atoms with Gasteiger partial charge in [-0.3, -0.25) is 0 Å². The number of hydrogen-bond acceptors (Lipinski definition) is 3. The Morgan fingerprint density at radius 2 is 1.94 bits per heavy atom. The van der Waals surface area contributed by atoms with E-state index in [9.17, 15) is 0 Å². The minimum absolute atomic E-state index is 0.740. The summed E-state index contributed by atoms with van der Waals surface area (Å²) in [5.41, 5.74) is 0. The van der Waals surface area contributed by atoms with E-state index in [4.69, 9.17) is 0 Å². The summed E-state index contributed by atoms with van der Waals surface area (Å²) in [5.74, 6) is 0.792. The van der Waals surface area contributed by atoms with E-state index in [0.29, 0.717) is 0 Å². The molecule has 1 saturated heterocycles. The summed E-state index contributed by atoms with van der Waals surface area (Å²) >= 11 is 0. The average Bonchev–Trinajstić information content (AvgIpc) is 2.34. The number of nitrogens with one attached hydrogen (secondary N) is 1.